The van der Waals surface area contributed by atoms with E-state index in [4.69, 9.17) is 0 Å². The van der Waals surface area contributed by atoms with Gasteiger partial charge in [0.05, 0.1) is 11.4 Å². The van der Waals surface area contributed by atoms with Crippen molar-refractivity contribution in [2.75, 3.05) is 11.4 Å². The van der Waals surface area contributed by atoms with Gasteiger partial charge in [-0.15, -0.1) is 0 Å². The quantitative estimate of drug-likeness (QED) is 0.904. The molecule has 21 heavy (non-hydrogen) atoms. The summed E-state index contributed by atoms with van der Waals surface area (Å²) in [7, 11) is 0. The lowest BCUT2D eigenvalue weighted by atomic mass is 9.78. The van der Waals surface area contributed by atoms with E-state index in [1.807, 2.05) is 13.8 Å². The largest absolute Gasteiger partial charge is 0.465 e. The molecule has 0 radical (unpaired) electrons. The van der Waals surface area contributed by atoms with Crippen LogP contribution in [-0.2, 0) is 11.3 Å². The molecular weight excluding hydrogens is 278 g/mol. The van der Waals surface area contributed by atoms with E-state index >= 15 is 0 Å². The molecule has 2 aliphatic rings. The third-order valence-corrected chi connectivity index (χ3v) is 4.59. The van der Waals surface area contributed by atoms with Crippen LogP contribution in [0.4, 0.5) is 19.3 Å². The van der Waals surface area contributed by atoms with Crippen LogP contribution in [0.2, 0.25) is 0 Å². The van der Waals surface area contributed by atoms with Gasteiger partial charge >= 0.3 is 6.09 Å². The molecule has 0 unspecified atom stereocenters. The first-order valence-electron chi connectivity index (χ1n) is 7.13. The predicted molar refractivity (Wildman–Crippen MR) is 73.9 cm³/mol. The fourth-order valence-corrected chi connectivity index (χ4v) is 3.10. The molecule has 6 heteroatoms. The van der Waals surface area contributed by atoms with Crippen molar-refractivity contribution < 1.29 is 18.7 Å². The zero-order valence-corrected chi connectivity index (χ0v) is 12.1. The highest BCUT2D eigenvalue weighted by Crippen LogP contribution is 2.48. The van der Waals surface area contributed by atoms with E-state index in [-0.39, 0.29) is 12.1 Å². The minimum Gasteiger partial charge on any atom is -0.465 e. The number of carboxylic acid groups (broad SMARTS) is 1. The van der Waals surface area contributed by atoms with Gasteiger partial charge in [-0.3, -0.25) is 9.88 Å². The number of pyridine rings is 1. The number of carbonyl (C=O) groups is 1. The highest BCUT2D eigenvalue weighted by Gasteiger charge is 2.47. The number of hydrogen-bond acceptors (Lipinski definition) is 2. The molecule has 0 spiro atoms. The summed E-state index contributed by atoms with van der Waals surface area (Å²) in [4.78, 5) is 16.6. The van der Waals surface area contributed by atoms with E-state index in [9.17, 15) is 18.7 Å². The lowest BCUT2D eigenvalue weighted by molar-refractivity contribution is -0.0945. The summed E-state index contributed by atoms with van der Waals surface area (Å²) in [6.07, 6.45) is 1.93. The monoisotopic (exact) mass is 296 g/mol. The Hall–Kier alpha value is -1.72. The Morgan fingerprint density at radius 1 is 1.48 bits per heavy atom. The number of rotatable bonds is 2. The summed E-state index contributed by atoms with van der Waals surface area (Å²) in [5.74, 6) is -3.58. The van der Waals surface area contributed by atoms with Crippen LogP contribution in [0, 0.1) is 5.92 Å². The average molecular weight is 296 g/mol. The zero-order chi connectivity index (χ0) is 15.4. The van der Waals surface area contributed by atoms with Crippen LogP contribution in [0.15, 0.2) is 12.3 Å². The van der Waals surface area contributed by atoms with Crippen molar-refractivity contribution in [3.8, 4) is 0 Å². The molecule has 3 rings (SSSR count). The van der Waals surface area contributed by atoms with Crippen LogP contribution < -0.4 is 4.90 Å². The first-order chi connectivity index (χ1) is 9.73. The first kappa shape index (κ1) is 14.2. The van der Waals surface area contributed by atoms with Gasteiger partial charge in [-0.25, -0.2) is 13.6 Å². The summed E-state index contributed by atoms with van der Waals surface area (Å²) in [5, 5.41) is 9.26. The molecule has 1 N–H and O–H groups in total. The van der Waals surface area contributed by atoms with E-state index < -0.39 is 23.3 Å². The maximum atomic E-state index is 14.4. The van der Waals surface area contributed by atoms with Gasteiger partial charge in [-0.05, 0) is 18.9 Å². The molecular formula is C15H18F2N2O2. The Bertz CT molecular complexity index is 597. The molecule has 1 aliphatic heterocycles. The van der Waals surface area contributed by atoms with Gasteiger partial charge in [-0.2, -0.15) is 0 Å². The molecule has 1 amide bonds. The standard InChI is InChI=1S/C15H18F2N2O2/c1-14(2)8-19(13(20)21)11-6-10(7-18-12(11)14)15(16,17)9-4-3-5-9/h6-7,9H,3-5,8H2,1-2H3,(H,20,21). The van der Waals surface area contributed by atoms with Crippen LogP contribution >= 0.6 is 0 Å². The van der Waals surface area contributed by atoms with E-state index in [0.29, 0.717) is 24.2 Å². The third-order valence-electron chi connectivity index (χ3n) is 4.59. The smallest absolute Gasteiger partial charge is 0.411 e. The summed E-state index contributed by atoms with van der Waals surface area (Å²) in [5.41, 5.74) is 0.231. The van der Waals surface area contributed by atoms with Crippen LogP contribution in [0.5, 0.6) is 0 Å². The van der Waals surface area contributed by atoms with Crippen molar-refractivity contribution in [2.24, 2.45) is 5.92 Å². The second kappa shape index (κ2) is 4.39. The number of amides is 1. The summed E-state index contributed by atoms with van der Waals surface area (Å²) in [6, 6.07) is 1.31. The van der Waals surface area contributed by atoms with Gasteiger partial charge in [0.25, 0.3) is 5.92 Å². The number of halogens is 2. The molecule has 0 bridgehead atoms. The summed E-state index contributed by atoms with van der Waals surface area (Å²) >= 11 is 0. The van der Waals surface area contributed by atoms with Crippen molar-refractivity contribution in [1.82, 2.24) is 4.98 Å². The fourth-order valence-electron chi connectivity index (χ4n) is 3.10. The van der Waals surface area contributed by atoms with Gasteiger partial charge in [-0.1, -0.05) is 20.3 Å². The van der Waals surface area contributed by atoms with Crippen molar-refractivity contribution in [2.45, 2.75) is 44.4 Å². The van der Waals surface area contributed by atoms with Crippen LogP contribution in [0.1, 0.15) is 44.4 Å². The molecule has 1 saturated carbocycles. The number of anilines is 1. The van der Waals surface area contributed by atoms with Gasteiger partial charge in [0.1, 0.15) is 0 Å². The molecule has 1 fully saturated rings. The van der Waals surface area contributed by atoms with Crippen molar-refractivity contribution in [3.05, 3.63) is 23.5 Å². The Morgan fingerprint density at radius 3 is 2.67 bits per heavy atom. The van der Waals surface area contributed by atoms with Gasteiger partial charge in [0, 0.05) is 29.6 Å². The van der Waals surface area contributed by atoms with E-state index in [0.717, 1.165) is 11.3 Å². The molecule has 0 saturated heterocycles. The zero-order valence-electron chi connectivity index (χ0n) is 12.1. The topological polar surface area (TPSA) is 53.4 Å². The van der Waals surface area contributed by atoms with Gasteiger partial charge < -0.3 is 5.11 Å². The number of fused-ring (bicyclic) bond motifs is 1. The number of hydrogen-bond donors (Lipinski definition) is 1. The summed E-state index contributed by atoms with van der Waals surface area (Å²) < 4.78 is 28.8. The van der Waals surface area contributed by atoms with Gasteiger partial charge in [0.15, 0.2) is 0 Å². The second-order valence-corrected chi connectivity index (χ2v) is 6.60. The van der Waals surface area contributed by atoms with Crippen molar-refractivity contribution in [3.63, 3.8) is 0 Å². The Kier molecular flexibility index (Phi) is 2.97. The van der Waals surface area contributed by atoms with Crippen molar-refractivity contribution in [1.29, 1.82) is 0 Å². The van der Waals surface area contributed by atoms with E-state index in [1.165, 1.54) is 12.3 Å². The van der Waals surface area contributed by atoms with Gasteiger partial charge in [0.2, 0.25) is 0 Å². The predicted octanol–water partition coefficient (Wildman–Crippen LogP) is 3.75. The van der Waals surface area contributed by atoms with Crippen molar-refractivity contribution >= 4 is 11.8 Å². The number of aromatic nitrogens is 1. The maximum Gasteiger partial charge on any atom is 0.411 e. The minimum absolute atomic E-state index is 0.171. The third kappa shape index (κ3) is 2.08. The summed E-state index contributed by atoms with van der Waals surface area (Å²) in [6.45, 7) is 3.97. The molecule has 0 aromatic carbocycles. The highest BCUT2D eigenvalue weighted by molar-refractivity contribution is 5.89. The number of nitrogens with zero attached hydrogens (tertiary/aromatic N) is 2. The SMILES string of the molecule is CC1(C)CN(C(=O)O)c2cc(C(F)(F)C3CCC3)cnc21. The van der Waals surface area contributed by atoms with E-state index in [2.05, 4.69) is 4.98 Å². The molecule has 2 heterocycles. The average Bonchev–Trinajstić information content (AvgIpc) is 2.58. The highest BCUT2D eigenvalue weighted by atomic mass is 19.3. The molecule has 4 nitrogen and oxygen atoms in total. The Labute approximate surface area is 121 Å². The molecule has 1 aromatic rings. The lowest BCUT2D eigenvalue weighted by Gasteiger charge is -2.33. The first-order valence-corrected chi connectivity index (χ1v) is 7.13. The van der Waals surface area contributed by atoms with Crippen LogP contribution in [-0.4, -0.2) is 22.7 Å². The lowest BCUT2D eigenvalue weighted by Crippen LogP contribution is -2.33. The Morgan fingerprint density at radius 2 is 2.14 bits per heavy atom. The number of alkyl halides is 2. The maximum absolute atomic E-state index is 14.4. The molecule has 1 aromatic heterocycles. The fraction of sp³-hybridized carbons (Fsp3) is 0.600. The Balaban J connectivity index is 2.04. The molecule has 114 valence electrons. The van der Waals surface area contributed by atoms with Crippen LogP contribution in [0.25, 0.3) is 0 Å². The molecule has 0 atom stereocenters. The normalized spacial score (nSPS) is 21.0. The van der Waals surface area contributed by atoms with E-state index in [1.54, 1.807) is 0 Å². The van der Waals surface area contributed by atoms with Crippen LogP contribution in [0.3, 0.4) is 0 Å². The molecule has 1 aliphatic carbocycles. The minimum atomic E-state index is -2.93. The second-order valence-electron chi connectivity index (χ2n) is 6.60.